The Labute approximate surface area is 188 Å². The SMILES string of the molecule is Cc1cccc(NC(=O)[C@H](CC(C)C)N2C(=O)[C@H]3[C@@H]4C[C@H]([C@@H](Br)[C@H]4Br)[C@@H]3C2=O)c1. The number of alkyl halides is 2. The number of hydrogen-bond donors (Lipinski definition) is 1. The molecule has 1 N–H and O–H groups in total. The summed E-state index contributed by atoms with van der Waals surface area (Å²) in [5.41, 5.74) is 1.72. The maximum Gasteiger partial charge on any atom is 0.247 e. The van der Waals surface area contributed by atoms with Crippen molar-refractivity contribution in [3.8, 4) is 0 Å². The number of carbonyl (C=O) groups is 3. The number of nitrogens with zero attached hydrogens (tertiary/aromatic N) is 1. The topological polar surface area (TPSA) is 66.5 Å². The summed E-state index contributed by atoms with van der Waals surface area (Å²) < 4.78 is 0. The van der Waals surface area contributed by atoms with Gasteiger partial charge >= 0.3 is 0 Å². The summed E-state index contributed by atoms with van der Waals surface area (Å²) in [6, 6.07) is 6.77. The molecule has 156 valence electrons. The summed E-state index contributed by atoms with van der Waals surface area (Å²) in [4.78, 5) is 41.6. The van der Waals surface area contributed by atoms with Crippen LogP contribution in [0.4, 0.5) is 5.69 Å². The van der Waals surface area contributed by atoms with E-state index in [1.807, 2.05) is 45.0 Å². The lowest BCUT2D eigenvalue weighted by atomic mass is 9.81. The Hall–Kier alpha value is -1.21. The van der Waals surface area contributed by atoms with Gasteiger partial charge in [0.1, 0.15) is 6.04 Å². The molecule has 1 aliphatic heterocycles. The van der Waals surface area contributed by atoms with Gasteiger partial charge in [0.25, 0.3) is 0 Å². The fourth-order valence-electron chi connectivity index (χ4n) is 5.40. The number of amides is 3. The van der Waals surface area contributed by atoms with Crippen LogP contribution in [0.15, 0.2) is 24.3 Å². The maximum absolute atomic E-state index is 13.4. The van der Waals surface area contributed by atoms with Crippen LogP contribution in [0.1, 0.15) is 32.3 Å². The first-order valence-corrected chi connectivity index (χ1v) is 12.1. The maximum atomic E-state index is 13.4. The zero-order valence-electron chi connectivity index (χ0n) is 16.8. The summed E-state index contributed by atoms with van der Waals surface area (Å²) in [6.07, 6.45) is 1.34. The van der Waals surface area contributed by atoms with Crippen molar-refractivity contribution in [3.05, 3.63) is 29.8 Å². The highest BCUT2D eigenvalue weighted by molar-refractivity contribution is 9.12. The Morgan fingerprint density at radius 2 is 1.72 bits per heavy atom. The zero-order valence-corrected chi connectivity index (χ0v) is 19.9. The number of halogens is 2. The number of carbonyl (C=O) groups excluding carboxylic acids is 3. The number of benzene rings is 1. The van der Waals surface area contributed by atoms with Crippen molar-refractivity contribution in [1.82, 2.24) is 4.90 Å². The number of anilines is 1. The Kier molecular flexibility index (Phi) is 5.66. The van der Waals surface area contributed by atoms with Gasteiger partial charge in [-0.15, -0.1) is 0 Å². The van der Waals surface area contributed by atoms with E-state index in [1.165, 1.54) is 4.90 Å². The molecule has 0 radical (unpaired) electrons. The second kappa shape index (κ2) is 7.80. The normalized spacial score (nSPS) is 34.1. The van der Waals surface area contributed by atoms with Crippen LogP contribution in [-0.4, -0.2) is 38.3 Å². The smallest absolute Gasteiger partial charge is 0.247 e. The molecule has 29 heavy (non-hydrogen) atoms. The van der Waals surface area contributed by atoms with E-state index in [1.54, 1.807) is 0 Å². The van der Waals surface area contributed by atoms with E-state index in [0.717, 1.165) is 12.0 Å². The monoisotopic (exact) mass is 524 g/mol. The van der Waals surface area contributed by atoms with Gasteiger partial charge in [-0.05, 0) is 55.2 Å². The molecule has 1 saturated heterocycles. The number of likely N-dealkylation sites (tertiary alicyclic amines) is 1. The number of hydrogen-bond acceptors (Lipinski definition) is 3. The molecule has 7 atom stereocenters. The van der Waals surface area contributed by atoms with Gasteiger partial charge in [-0.1, -0.05) is 57.8 Å². The molecule has 3 aliphatic rings. The van der Waals surface area contributed by atoms with E-state index in [2.05, 4.69) is 37.2 Å². The molecule has 1 aromatic carbocycles. The zero-order chi connectivity index (χ0) is 21.0. The molecule has 3 amide bonds. The van der Waals surface area contributed by atoms with Gasteiger partial charge in [0.05, 0.1) is 11.8 Å². The largest absolute Gasteiger partial charge is 0.324 e. The molecule has 3 fully saturated rings. The predicted octanol–water partition coefficient (Wildman–Crippen LogP) is 4.13. The Balaban J connectivity index is 1.61. The first kappa shape index (κ1) is 21.0. The van der Waals surface area contributed by atoms with E-state index in [9.17, 15) is 14.4 Å². The van der Waals surface area contributed by atoms with Crippen LogP contribution < -0.4 is 5.32 Å². The number of rotatable bonds is 5. The average molecular weight is 526 g/mol. The molecule has 2 aliphatic carbocycles. The summed E-state index contributed by atoms with van der Waals surface area (Å²) in [6.45, 7) is 5.97. The van der Waals surface area contributed by atoms with Gasteiger partial charge in [0, 0.05) is 15.3 Å². The Morgan fingerprint density at radius 3 is 2.24 bits per heavy atom. The lowest BCUT2D eigenvalue weighted by Crippen LogP contribution is -2.49. The molecule has 0 aromatic heterocycles. The third-order valence-corrected chi connectivity index (χ3v) is 9.82. The van der Waals surface area contributed by atoms with Gasteiger partial charge in [0.2, 0.25) is 17.7 Å². The highest BCUT2D eigenvalue weighted by atomic mass is 79.9. The van der Waals surface area contributed by atoms with Gasteiger partial charge in [-0.25, -0.2) is 0 Å². The first-order chi connectivity index (χ1) is 13.7. The number of fused-ring (bicyclic) bond motifs is 5. The number of aryl methyl sites for hydroxylation is 1. The van der Waals surface area contributed by atoms with Crippen LogP contribution in [0.3, 0.4) is 0 Å². The van der Waals surface area contributed by atoms with Crippen LogP contribution in [0.2, 0.25) is 0 Å². The van der Waals surface area contributed by atoms with E-state index in [-0.39, 0.29) is 57.0 Å². The second-order valence-electron chi connectivity index (χ2n) is 9.05. The molecule has 4 rings (SSSR count). The Bertz CT molecular complexity index is 826. The van der Waals surface area contributed by atoms with Crippen molar-refractivity contribution in [1.29, 1.82) is 0 Å². The second-order valence-corrected chi connectivity index (χ2v) is 11.2. The molecular formula is C22H26Br2N2O3. The molecule has 5 nitrogen and oxygen atoms in total. The first-order valence-electron chi connectivity index (χ1n) is 10.2. The standard InChI is InChI=1S/C22H26Br2N2O3/c1-10(2)7-15(20(27)25-12-6-4-5-11(3)8-12)26-21(28)16-13-9-14(17(16)22(26)29)19(24)18(13)23/h4-6,8,10,13-19H,7,9H2,1-3H3,(H,25,27)/t13-,14-,15-,16-,17-,18-,19+/m0/s1. The van der Waals surface area contributed by atoms with Crippen LogP contribution in [0.25, 0.3) is 0 Å². The highest BCUT2D eigenvalue weighted by Gasteiger charge is 2.67. The number of imide groups is 1. The van der Waals surface area contributed by atoms with Gasteiger partial charge in [-0.2, -0.15) is 0 Å². The van der Waals surface area contributed by atoms with Crippen LogP contribution >= 0.6 is 31.9 Å². The van der Waals surface area contributed by atoms with E-state index >= 15 is 0 Å². The predicted molar refractivity (Wildman–Crippen MR) is 119 cm³/mol. The summed E-state index contributed by atoms with van der Waals surface area (Å²) in [5, 5.41) is 2.92. The third-order valence-electron chi connectivity index (χ3n) is 6.62. The van der Waals surface area contributed by atoms with E-state index in [0.29, 0.717) is 12.1 Å². The molecule has 1 aromatic rings. The third kappa shape index (κ3) is 3.48. The minimum absolute atomic E-state index is 0.148. The van der Waals surface area contributed by atoms with E-state index < -0.39 is 6.04 Å². The van der Waals surface area contributed by atoms with Crippen molar-refractivity contribution in [3.63, 3.8) is 0 Å². The van der Waals surface area contributed by atoms with Crippen LogP contribution in [-0.2, 0) is 14.4 Å². The fraction of sp³-hybridized carbons (Fsp3) is 0.591. The summed E-state index contributed by atoms with van der Waals surface area (Å²) >= 11 is 7.43. The lowest BCUT2D eigenvalue weighted by Gasteiger charge is -2.28. The minimum Gasteiger partial charge on any atom is -0.324 e. The summed E-state index contributed by atoms with van der Waals surface area (Å²) in [7, 11) is 0. The lowest BCUT2D eigenvalue weighted by molar-refractivity contribution is -0.147. The Morgan fingerprint density at radius 1 is 1.14 bits per heavy atom. The molecule has 1 heterocycles. The fourth-order valence-corrected chi connectivity index (χ4v) is 7.28. The minimum atomic E-state index is -0.775. The van der Waals surface area contributed by atoms with Crippen molar-refractivity contribution < 1.29 is 14.4 Å². The average Bonchev–Trinajstić information content (AvgIpc) is 3.25. The highest BCUT2D eigenvalue weighted by Crippen LogP contribution is 2.60. The number of nitrogens with one attached hydrogen (secondary N) is 1. The van der Waals surface area contributed by atoms with Crippen molar-refractivity contribution in [2.24, 2.45) is 29.6 Å². The van der Waals surface area contributed by atoms with Crippen molar-refractivity contribution in [2.45, 2.75) is 49.3 Å². The van der Waals surface area contributed by atoms with E-state index in [4.69, 9.17) is 0 Å². The van der Waals surface area contributed by atoms with Crippen molar-refractivity contribution >= 4 is 55.3 Å². The molecule has 0 spiro atoms. The summed E-state index contributed by atoms with van der Waals surface area (Å²) in [5.74, 6) is -0.745. The van der Waals surface area contributed by atoms with Crippen LogP contribution in [0.5, 0.6) is 0 Å². The van der Waals surface area contributed by atoms with Crippen LogP contribution in [0, 0.1) is 36.5 Å². The molecule has 2 saturated carbocycles. The molecule has 7 heteroatoms. The van der Waals surface area contributed by atoms with Gasteiger partial charge in [-0.3, -0.25) is 19.3 Å². The van der Waals surface area contributed by atoms with Gasteiger partial charge in [0.15, 0.2) is 0 Å². The quantitative estimate of drug-likeness (QED) is 0.464. The molecule has 0 unspecified atom stereocenters. The van der Waals surface area contributed by atoms with Crippen molar-refractivity contribution in [2.75, 3.05) is 5.32 Å². The molecular weight excluding hydrogens is 500 g/mol. The molecule has 2 bridgehead atoms. The van der Waals surface area contributed by atoms with Gasteiger partial charge < -0.3 is 5.32 Å².